The van der Waals surface area contributed by atoms with Crippen molar-refractivity contribution in [3.8, 4) is 0 Å². The maximum atomic E-state index is 12.9. The van der Waals surface area contributed by atoms with Crippen molar-refractivity contribution in [2.24, 2.45) is 0 Å². The quantitative estimate of drug-likeness (QED) is 0.437. The predicted molar refractivity (Wildman–Crippen MR) is 125 cm³/mol. The molecule has 2 aromatic carbocycles. The average Bonchev–Trinajstić information content (AvgIpc) is 3.14. The standard InChI is InChI=1S/C21H19Cl2N3O2S2/c1-13-24-15(11-29-13)12-30-19-6-4-3-5-16(19)21(28)26(2)10-20(27)25-14-7-8-17(22)18(23)9-14/h3-9,11H,10,12H2,1-2H3,(H,25,27). The number of anilines is 1. The molecule has 30 heavy (non-hydrogen) atoms. The van der Waals surface area contributed by atoms with E-state index in [2.05, 4.69) is 10.3 Å². The zero-order chi connectivity index (χ0) is 21.7. The van der Waals surface area contributed by atoms with Crippen molar-refractivity contribution in [2.45, 2.75) is 17.6 Å². The Morgan fingerprint density at radius 2 is 1.93 bits per heavy atom. The highest BCUT2D eigenvalue weighted by Gasteiger charge is 2.18. The number of benzene rings is 2. The molecule has 0 atom stereocenters. The van der Waals surface area contributed by atoms with Gasteiger partial charge in [-0.3, -0.25) is 9.59 Å². The second-order valence-electron chi connectivity index (χ2n) is 6.48. The molecule has 0 saturated heterocycles. The van der Waals surface area contributed by atoms with Gasteiger partial charge in [0.25, 0.3) is 5.91 Å². The maximum Gasteiger partial charge on any atom is 0.255 e. The summed E-state index contributed by atoms with van der Waals surface area (Å²) in [5.74, 6) is 0.125. The van der Waals surface area contributed by atoms with Gasteiger partial charge < -0.3 is 10.2 Å². The van der Waals surface area contributed by atoms with Gasteiger partial charge in [0.2, 0.25) is 5.91 Å². The minimum absolute atomic E-state index is 0.0939. The summed E-state index contributed by atoms with van der Waals surface area (Å²) in [7, 11) is 1.60. The molecule has 156 valence electrons. The number of halogens is 2. The Bertz CT molecular complexity index is 1070. The number of carbonyl (C=O) groups is 2. The third-order valence-corrected chi connectivity index (χ3v) is 6.76. The Labute approximate surface area is 193 Å². The SMILES string of the molecule is Cc1nc(CSc2ccccc2C(=O)N(C)CC(=O)Nc2ccc(Cl)c(Cl)c2)cs1. The molecule has 0 fully saturated rings. The molecule has 0 aliphatic heterocycles. The van der Waals surface area contributed by atoms with Gasteiger partial charge in [-0.15, -0.1) is 23.1 Å². The second kappa shape index (κ2) is 10.3. The third-order valence-electron chi connectivity index (χ3n) is 4.09. The maximum absolute atomic E-state index is 12.9. The fraction of sp³-hybridized carbons (Fsp3) is 0.190. The van der Waals surface area contributed by atoms with Crippen molar-refractivity contribution in [1.82, 2.24) is 9.88 Å². The summed E-state index contributed by atoms with van der Waals surface area (Å²) in [5, 5.41) is 6.51. The molecule has 1 heterocycles. The van der Waals surface area contributed by atoms with E-state index in [-0.39, 0.29) is 18.4 Å². The van der Waals surface area contributed by atoms with Crippen molar-refractivity contribution in [2.75, 3.05) is 18.9 Å². The van der Waals surface area contributed by atoms with Gasteiger partial charge in [0, 0.05) is 28.8 Å². The average molecular weight is 480 g/mol. The van der Waals surface area contributed by atoms with E-state index >= 15 is 0 Å². The van der Waals surface area contributed by atoms with Gasteiger partial charge >= 0.3 is 0 Å². The largest absolute Gasteiger partial charge is 0.332 e. The third kappa shape index (κ3) is 5.98. The molecule has 1 aromatic heterocycles. The van der Waals surface area contributed by atoms with Gasteiger partial charge in [-0.25, -0.2) is 4.98 Å². The summed E-state index contributed by atoms with van der Waals surface area (Å²) in [4.78, 5) is 32.0. The zero-order valence-corrected chi connectivity index (χ0v) is 19.5. The first kappa shape index (κ1) is 22.6. The van der Waals surface area contributed by atoms with Crippen LogP contribution in [0.4, 0.5) is 5.69 Å². The van der Waals surface area contributed by atoms with Crippen molar-refractivity contribution < 1.29 is 9.59 Å². The van der Waals surface area contributed by atoms with Crippen LogP contribution in [0.5, 0.6) is 0 Å². The van der Waals surface area contributed by atoms with Gasteiger partial charge in [-0.1, -0.05) is 35.3 Å². The number of amides is 2. The topological polar surface area (TPSA) is 62.3 Å². The van der Waals surface area contributed by atoms with Crippen molar-refractivity contribution in [1.29, 1.82) is 0 Å². The molecule has 0 aliphatic rings. The van der Waals surface area contributed by atoms with Crippen LogP contribution in [0, 0.1) is 6.92 Å². The number of rotatable bonds is 7. The molecule has 5 nitrogen and oxygen atoms in total. The lowest BCUT2D eigenvalue weighted by Gasteiger charge is -2.18. The van der Waals surface area contributed by atoms with Gasteiger partial charge in [0.15, 0.2) is 0 Å². The summed E-state index contributed by atoms with van der Waals surface area (Å²) in [6, 6.07) is 12.2. The van der Waals surface area contributed by atoms with Gasteiger partial charge in [-0.2, -0.15) is 0 Å². The highest BCUT2D eigenvalue weighted by molar-refractivity contribution is 7.98. The fourth-order valence-corrected chi connectivity index (χ4v) is 4.62. The summed E-state index contributed by atoms with van der Waals surface area (Å²) in [6.07, 6.45) is 0. The molecular formula is C21H19Cl2N3O2S2. The van der Waals surface area contributed by atoms with Crippen LogP contribution in [0.2, 0.25) is 10.0 Å². The Hall–Kier alpha value is -2.06. The van der Waals surface area contributed by atoms with Gasteiger partial charge in [-0.05, 0) is 37.3 Å². The molecular weight excluding hydrogens is 461 g/mol. The lowest BCUT2D eigenvalue weighted by atomic mass is 10.2. The van der Waals surface area contributed by atoms with Crippen LogP contribution in [-0.2, 0) is 10.5 Å². The van der Waals surface area contributed by atoms with Crippen LogP contribution in [0.1, 0.15) is 21.1 Å². The van der Waals surface area contributed by atoms with E-state index in [0.29, 0.717) is 27.0 Å². The molecule has 0 aliphatic carbocycles. The number of carbonyl (C=O) groups excluding carboxylic acids is 2. The fourth-order valence-electron chi connectivity index (χ4n) is 2.66. The van der Waals surface area contributed by atoms with Crippen LogP contribution in [0.15, 0.2) is 52.7 Å². The Morgan fingerprint density at radius 3 is 2.63 bits per heavy atom. The van der Waals surface area contributed by atoms with E-state index in [1.165, 1.54) is 4.90 Å². The highest BCUT2D eigenvalue weighted by Crippen LogP contribution is 2.28. The number of hydrogen-bond donors (Lipinski definition) is 1. The number of nitrogens with zero attached hydrogens (tertiary/aromatic N) is 2. The van der Waals surface area contributed by atoms with E-state index in [1.54, 1.807) is 54.4 Å². The number of thioether (sulfide) groups is 1. The lowest BCUT2D eigenvalue weighted by Crippen LogP contribution is -2.35. The number of aromatic nitrogens is 1. The first-order chi connectivity index (χ1) is 14.3. The number of likely N-dealkylation sites (N-methyl/N-ethyl adjacent to an activating group) is 1. The lowest BCUT2D eigenvalue weighted by molar-refractivity contribution is -0.116. The molecule has 0 unspecified atom stereocenters. The minimum Gasteiger partial charge on any atom is -0.332 e. The Morgan fingerprint density at radius 1 is 1.17 bits per heavy atom. The summed E-state index contributed by atoms with van der Waals surface area (Å²) in [5.41, 5.74) is 2.06. The van der Waals surface area contributed by atoms with E-state index in [9.17, 15) is 9.59 Å². The monoisotopic (exact) mass is 479 g/mol. The van der Waals surface area contributed by atoms with E-state index < -0.39 is 0 Å². The number of hydrogen-bond acceptors (Lipinski definition) is 5. The molecule has 2 amide bonds. The molecule has 3 aromatic rings. The molecule has 0 saturated carbocycles. The van der Waals surface area contributed by atoms with Crippen LogP contribution >= 0.6 is 46.3 Å². The van der Waals surface area contributed by atoms with Gasteiger partial charge in [0.1, 0.15) is 0 Å². The Kier molecular flexibility index (Phi) is 7.77. The first-order valence-corrected chi connectivity index (χ1v) is 11.6. The van der Waals surface area contributed by atoms with E-state index in [4.69, 9.17) is 23.2 Å². The molecule has 3 rings (SSSR count). The molecule has 0 spiro atoms. The molecule has 9 heteroatoms. The Balaban J connectivity index is 1.63. The van der Waals surface area contributed by atoms with Gasteiger partial charge in [0.05, 0.1) is 32.9 Å². The predicted octanol–water partition coefficient (Wildman–Crippen LogP) is 5.76. The van der Waals surface area contributed by atoms with E-state index in [1.807, 2.05) is 30.5 Å². The van der Waals surface area contributed by atoms with Crippen LogP contribution in [-0.4, -0.2) is 35.3 Å². The summed E-state index contributed by atoms with van der Waals surface area (Å²) >= 11 is 15.0. The smallest absolute Gasteiger partial charge is 0.255 e. The van der Waals surface area contributed by atoms with Crippen LogP contribution < -0.4 is 5.32 Å². The zero-order valence-electron chi connectivity index (χ0n) is 16.3. The van der Waals surface area contributed by atoms with Crippen molar-refractivity contribution in [3.05, 3.63) is 74.2 Å². The first-order valence-electron chi connectivity index (χ1n) is 8.96. The number of aryl methyl sites for hydroxylation is 1. The molecule has 0 bridgehead atoms. The van der Waals surface area contributed by atoms with Crippen molar-refractivity contribution >= 4 is 63.8 Å². The van der Waals surface area contributed by atoms with Crippen LogP contribution in [0.3, 0.4) is 0 Å². The normalized spacial score (nSPS) is 10.7. The summed E-state index contributed by atoms with van der Waals surface area (Å²) < 4.78 is 0. The van der Waals surface area contributed by atoms with Crippen molar-refractivity contribution in [3.63, 3.8) is 0 Å². The summed E-state index contributed by atoms with van der Waals surface area (Å²) in [6.45, 7) is 1.87. The molecule has 0 radical (unpaired) electrons. The number of thiazole rings is 1. The molecule has 1 N–H and O–H groups in total. The minimum atomic E-state index is -0.327. The van der Waals surface area contributed by atoms with Crippen LogP contribution in [0.25, 0.3) is 0 Å². The number of nitrogens with one attached hydrogen (secondary N) is 1. The second-order valence-corrected chi connectivity index (χ2v) is 9.37. The van der Waals surface area contributed by atoms with E-state index in [0.717, 1.165) is 15.6 Å². The highest BCUT2D eigenvalue weighted by atomic mass is 35.5.